The van der Waals surface area contributed by atoms with Crippen molar-refractivity contribution in [1.29, 1.82) is 0 Å². The summed E-state index contributed by atoms with van der Waals surface area (Å²) in [5, 5.41) is 18.9. The normalized spacial score (nSPS) is 11.0. The number of carboxylic acid groups (broad SMARTS) is 1. The van der Waals surface area contributed by atoms with Crippen molar-refractivity contribution in [2.75, 3.05) is 0 Å². The maximum absolute atomic E-state index is 11.2. The zero-order valence-electron chi connectivity index (χ0n) is 16.9. The Kier molecular flexibility index (Phi) is 11.8. The van der Waals surface area contributed by atoms with Gasteiger partial charge in [0.15, 0.2) is 0 Å². The molecule has 0 bridgehead atoms. The standard InChI is InChI=1S/C23H38O3/c1-3-4-5-6-7-8-9-10-11-12-13-14-15-16-20-17-19(2)22(24)21(18-20)23(25)26/h17-18,24H,3-16H2,1-2H3,(H,25,26). The van der Waals surface area contributed by atoms with E-state index in [4.69, 9.17) is 5.11 Å². The lowest BCUT2D eigenvalue weighted by atomic mass is 9.99. The molecule has 0 radical (unpaired) electrons. The van der Waals surface area contributed by atoms with E-state index in [-0.39, 0.29) is 11.3 Å². The summed E-state index contributed by atoms with van der Waals surface area (Å²) in [4.78, 5) is 11.2. The number of aryl methyl sites for hydroxylation is 2. The van der Waals surface area contributed by atoms with Crippen LogP contribution < -0.4 is 0 Å². The molecule has 0 unspecified atom stereocenters. The maximum atomic E-state index is 11.2. The molecular weight excluding hydrogens is 324 g/mol. The molecule has 1 aromatic rings. The zero-order chi connectivity index (χ0) is 19.2. The first-order valence-electron chi connectivity index (χ1n) is 10.6. The Bertz CT molecular complexity index is 522. The average molecular weight is 363 g/mol. The molecule has 0 aliphatic carbocycles. The van der Waals surface area contributed by atoms with Gasteiger partial charge in [0.25, 0.3) is 0 Å². The molecular formula is C23H38O3. The molecule has 3 heteroatoms. The molecule has 1 rings (SSSR count). The highest BCUT2D eigenvalue weighted by molar-refractivity contribution is 5.91. The Balaban J connectivity index is 2.05. The summed E-state index contributed by atoms with van der Waals surface area (Å²) in [6.07, 6.45) is 18.2. The molecule has 0 amide bonds. The summed E-state index contributed by atoms with van der Waals surface area (Å²) in [5.74, 6) is -1.16. The fraction of sp³-hybridized carbons (Fsp3) is 0.696. The predicted octanol–water partition coefficient (Wildman–Crippen LogP) is 7.03. The second-order valence-corrected chi connectivity index (χ2v) is 7.61. The first-order valence-corrected chi connectivity index (χ1v) is 10.6. The average Bonchev–Trinajstić information content (AvgIpc) is 2.61. The maximum Gasteiger partial charge on any atom is 0.339 e. The lowest BCUT2D eigenvalue weighted by molar-refractivity contribution is 0.0693. The smallest absolute Gasteiger partial charge is 0.339 e. The molecule has 0 spiro atoms. The quantitative estimate of drug-likeness (QED) is 0.329. The van der Waals surface area contributed by atoms with Crippen molar-refractivity contribution in [2.45, 2.75) is 104 Å². The van der Waals surface area contributed by atoms with Crippen molar-refractivity contribution in [3.63, 3.8) is 0 Å². The highest BCUT2D eigenvalue weighted by atomic mass is 16.4. The third kappa shape index (κ3) is 9.26. The van der Waals surface area contributed by atoms with Gasteiger partial charge in [-0.2, -0.15) is 0 Å². The molecule has 0 heterocycles. The van der Waals surface area contributed by atoms with Gasteiger partial charge in [0.2, 0.25) is 0 Å². The number of rotatable bonds is 15. The van der Waals surface area contributed by atoms with Gasteiger partial charge in [-0.1, -0.05) is 90.0 Å². The first kappa shape index (κ1) is 22.5. The minimum Gasteiger partial charge on any atom is -0.507 e. The third-order valence-corrected chi connectivity index (χ3v) is 5.16. The summed E-state index contributed by atoms with van der Waals surface area (Å²) in [5.41, 5.74) is 1.69. The third-order valence-electron chi connectivity index (χ3n) is 5.16. The van der Waals surface area contributed by atoms with Crippen LogP contribution in [0.3, 0.4) is 0 Å². The van der Waals surface area contributed by atoms with Crippen molar-refractivity contribution < 1.29 is 15.0 Å². The largest absolute Gasteiger partial charge is 0.507 e. The predicted molar refractivity (Wildman–Crippen MR) is 109 cm³/mol. The molecule has 148 valence electrons. The van der Waals surface area contributed by atoms with E-state index in [0.29, 0.717) is 5.56 Å². The molecule has 3 nitrogen and oxygen atoms in total. The van der Waals surface area contributed by atoms with E-state index >= 15 is 0 Å². The van der Waals surface area contributed by atoms with Crippen LogP contribution in [0.5, 0.6) is 5.75 Å². The van der Waals surface area contributed by atoms with Crippen LogP contribution in [0.15, 0.2) is 12.1 Å². The molecule has 0 atom stereocenters. The molecule has 1 aromatic carbocycles. The van der Waals surface area contributed by atoms with Crippen LogP contribution >= 0.6 is 0 Å². The first-order chi connectivity index (χ1) is 12.6. The van der Waals surface area contributed by atoms with Gasteiger partial charge in [-0.25, -0.2) is 4.79 Å². The van der Waals surface area contributed by atoms with E-state index in [1.807, 2.05) is 6.07 Å². The molecule has 0 aromatic heterocycles. The number of aromatic hydroxyl groups is 1. The zero-order valence-corrected chi connectivity index (χ0v) is 16.9. The van der Waals surface area contributed by atoms with Gasteiger partial charge >= 0.3 is 5.97 Å². The van der Waals surface area contributed by atoms with Gasteiger partial charge in [-0.15, -0.1) is 0 Å². The summed E-state index contributed by atoms with van der Waals surface area (Å²) in [6.45, 7) is 4.02. The van der Waals surface area contributed by atoms with E-state index in [9.17, 15) is 9.90 Å². The Morgan fingerprint density at radius 1 is 0.808 bits per heavy atom. The molecule has 26 heavy (non-hydrogen) atoms. The van der Waals surface area contributed by atoms with Crippen molar-refractivity contribution in [2.24, 2.45) is 0 Å². The molecule has 0 aliphatic rings. The number of benzene rings is 1. The fourth-order valence-corrected chi connectivity index (χ4v) is 3.51. The van der Waals surface area contributed by atoms with Gasteiger partial charge in [-0.3, -0.25) is 0 Å². The summed E-state index contributed by atoms with van der Waals surface area (Å²) in [7, 11) is 0. The van der Waals surface area contributed by atoms with Crippen LogP contribution in [0.2, 0.25) is 0 Å². The number of hydrogen-bond acceptors (Lipinski definition) is 2. The van der Waals surface area contributed by atoms with Gasteiger partial charge in [-0.05, 0) is 37.0 Å². The number of phenols is 1. The molecule has 0 fully saturated rings. The van der Waals surface area contributed by atoms with E-state index in [0.717, 1.165) is 18.4 Å². The van der Waals surface area contributed by atoms with Crippen molar-refractivity contribution in [1.82, 2.24) is 0 Å². The van der Waals surface area contributed by atoms with Crippen LogP contribution in [0.1, 0.15) is 112 Å². The summed E-state index contributed by atoms with van der Waals surface area (Å²) < 4.78 is 0. The molecule has 0 aliphatic heterocycles. The monoisotopic (exact) mass is 362 g/mol. The Morgan fingerprint density at radius 2 is 1.27 bits per heavy atom. The van der Waals surface area contributed by atoms with E-state index in [1.165, 1.54) is 77.0 Å². The number of aromatic carboxylic acids is 1. The second kappa shape index (κ2) is 13.7. The number of carbonyl (C=O) groups is 1. The van der Waals surface area contributed by atoms with Crippen LogP contribution in [-0.4, -0.2) is 16.2 Å². The van der Waals surface area contributed by atoms with Gasteiger partial charge in [0.1, 0.15) is 11.3 Å². The SMILES string of the molecule is CCCCCCCCCCCCCCCc1cc(C)c(O)c(C(=O)O)c1. The van der Waals surface area contributed by atoms with Crippen LogP contribution in [0, 0.1) is 6.92 Å². The topological polar surface area (TPSA) is 57.5 Å². The van der Waals surface area contributed by atoms with E-state index in [2.05, 4.69) is 6.92 Å². The van der Waals surface area contributed by atoms with Crippen molar-refractivity contribution >= 4 is 5.97 Å². The Labute approximate surface area is 159 Å². The minimum absolute atomic E-state index is 0.0229. The van der Waals surface area contributed by atoms with E-state index < -0.39 is 5.97 Å². The fourth-order valence-electron chi connectivity index (χ4n) is 3.51. The number of carboxylic acids is 1. The summed E-state index contributed by atoms with van der Waals surface area (Å²) >= 11 is 0. The van der Waals surface area contributed by atoms with Gasteiger partial charge in [0, 0.05) is 0 Å². The highest BCUT2D eigenvalue weighted by Gasteiger charge is 2.13. The van der Waals surface area contributed by atoms with E-state index in [1.54, 1.807) is 13.0 Å². The molecule has 2 N–H and O–H groups in total. The van der Waals surface area contributed by atoms with Crippen molar-refractivity contribution in [3.8, 4) is 5.75 Å². The number of hydrogen-bond donors (Lipinski definition) is 2. The van der Waals surface area contributed by atoms with Crippen LogP contribution in [0.25, 0.3) is 0 Å². The summed E-state index contributed by atoms with van der Waals surface area (Å²) in [6, 6.07) is 3.52. The Morgan fingerprint density at radius 3 is 1.73 bits per heavy atom. The van der Waals surface area contributed by atoms with Crippen molar-refractivity contribution in [3.05, 3.63) is 28.8 Å². The van der Waals surface area contributed by atoms with Crippen LogP contribution in [0.4, 0.5) is 0 Å². The van der Waals surface area contributed by atoms with Gasteiger partial charge < -0.3 is 10.2 Å². The lowest BCUT2D eigenvalue weighted by Crippen LogP contribution is -2.00. The minimum atomic E-state index is -1.06. The number of unbranched alkanes of at least 4 members (excludes halogenated alkanes) is 12. The molecule has 0 saturated heterocycles. The van der Waals surface area contributed by atoms with Crippen LogP contribution in [-0.2, 0) is 6.42 Å². The lowest BCUT2D eigenvalue weighted by Gasteiger charge is -2.08. The Hall–Kier alpha value is -1.51. The second-order valence-electron chi connectivity index (χ2n) is 7.61. The molecule has 0 saturated carbocycles. The van der Waals surface area contributed by atoms with Gasteiger partial charge in [0.05, 0.1) is 0 Å². The highest BCUT2D eigenvalue weighted by Crippen LogP contribution is 2.25.